The number of hydrogen-bond donors (Lipinski definition) is 2. The van der Waals surface area contributed by atoms with Gasteiger partial charge in [-0.3, -0.25) is 14.9 Å². The summed E-state index contributed by atoms with van der Waals surface area (Å²) in [6.45, 7) is 4.33. The van der Waals surface area contributed by atoms with E-state index < -0.39 is 4.92 Å². The third kappa shape index (κ3) is 4.44. The first kappa shape index (κ1) is 18.0. The van der Waals surface area contributed by atoms with Crippen LogP contribution in [0, 0.1) is 17.0 Å². The van der Waals surface area contributed by atoms with Crippen LogP contribution in [0.5, 0.6) is 0 Å². The largest absolute Gasteiger partial charge is 0.375 e. The molecule has 0 saturated carbocycles. The molecule has 1 atom stereocenters. The Balaban J connectivity index is 1.70. The molecule has 1 amide bonds. The highest BCUT2D eigenvalue weighted by atomic mass is 16.6. The number of morpholine rings is 1. The normalized spacial score (nSPS) is 16.9. The molecule has 0 aliphatic carbocycles. The third-order valence-corrected chi connectivity index (χ3v) is 4.36. The molecule has 136 valence electrons. The topological polar surface area (TPSA) is 93.5 Å². The van der Waals surface area contributed by atoms with Crippen molar-refractivity contribution < 1.29 is 14.5 Å². The van der Waals surface area contributed by atoms with E-state index >= 15 is 0 Å². The van der Waals surface area contributed by atoms with Gasteiger partial charge in [0.25, 0.3) is 11.6 Å². The lowest BCUT2D eigenvalue weighted by atomic mass is 10.0. The molecule has 7 nitrogen and oxygen atoms in total. The lowest BCUT2D eigenvalue weighted by molar-refractivity contribution is -0.384. The molecule has 2 N–H and O–H groups in total. The number of non-ortho nitro benzene ring substituents is 1. The van der Waals surface area contributed by atoms with E-state index in [0.29, 0.717) is 12.2 Å². The van der Waals surface area contributed by atoms with E-state index in [1.54, 1.807) is 0 Å². The van der Waals surface area contributed by atoms with Gasteiger partial charge in [-0.2, -0.15) is 0 Å². The first-order chi connectivity index (χ1) is 12.5. The average molecular weight is 355 g/mol. The number of hydrogen-bond acceptors (Lipinski definition) is 5. The van der Waals surface area contributed by atoms with Gasteiger partial charge in [0.05, 0.1) is 17.6 Å². The second-order valence-corrected chi connectivity index (χ2v) is 6.31. The van der Waals surface area contributed by atoms with Crippen molar-refractivity contribution in [2.75, 3.05) is 25.0 Å². The number of ether oxygens (including phenoxy) is 1. The van der Waals surface area contributed by atoms with Crippen molar-refractivity contribution in [3.05, 3.63) is 69.3 Å². The van der Waals surface area contributed by atoms with Crippen molar-refractivity contribution in [1.82, 2.24) is 5.32 Å². The summed E-state index contributed by atoms with van der Waals surface area (Å²) in [4.78, 5) is 22.7. The Hall–Kier alpha value is -2.77. The Kier molecular flexibility index (Phi) is 5.60. The number of rotatable bonds is 5. The molecule has 0 bridgehead atoms. The van der Waals surface area contributed by atoms with E-state index in [2.05, 4.69) is 10.6 Å². The van der Waals surface area contributed by atoms with Gasteiger partial charge in [-0.1, -0.05) is 12.1 Å². The number of nitrogens with zero attached hydrogens (tertiary/aromatic N) is 1. The molecule has 2 aromatic rings. The van der Waals surface area contributed by atoms with Crippen LogP contribution in [0.1, 0.15) is 21.5 Å². The average Bonchev–Trinajstić information content (AvgIpc) is 2.65. The first-order valence-corrected chi connectivity index (χ1v) is 8.50. The lowest BCUT2D eigenvalue weighted by Gasteiger charge is -2.24. The molecule has 1 aliphatic heterocycles. The van der Waals surface area contributed by atoms with Gasteiger partial charge in [-0.25, -0.2) is 0 Å². The zero-order chi connectivity index (χ0) is 18.5. The van der Waals surface area contributed by atoms with Gasteiger partial charge in [-0.15, -0.1) is 0 Å². The van der Waals surface area contributed by atoms with E-state index in [1.807, 2.05) is 25.1 Å². The molecule has 0 radical (unpaired) electrons. The van der Waals surface area contributed by atoms with Gasteiger partial charge in [0.2, 0.25) is 0 Å². The molecule has 3 rings (SSSR count). The molecule has 26 heavy (non-hydrogen) atoms. The molecule has 1 saturated heterocycles. The van der Waals surface area contributed by atoms with Crippen LogP contribution in [0.25, 0.3) is 0 Å². The fourth-order valence-corrected chi connectivity index (χ4v) is 2.87. The van der Waals surface area contributed by atoms with Crippen molar-refractivity contribution in [3.63, 3.8) is 0 Å². The van der Waals surface area contributed by atoms with Crippen LogP contribution in [-0.2, 0) is 11.2 Å². The smallest absolute Gasteiger partial charge is 0.269 e. The molecular weight excluding hydrogens is 334 g/mol. The summed E-state index contributed by atoms with van der Waals surface area (Å²) < 4.78 is 5.73. The summed E-state index contributed by atoms with van der Waals surface area (Å²) in [7, 11) is 0. The van der Waals surface area contributed by atoms with Gasteiger partial charge >= 0.3 is 0 Å². The quantitative estimate of drug-likeness (QED) is 0.635. The Morgan fingerprint density at radius 1 is 1.31 bits per heavy atom. The summed E-state index contributed by atoms with van der Waals surface area (Å²) in [5, 5.41) is 16.9. The molecule has 1 unspecified atom stereocenters. The van der Waals surface area contributed by atoms with Crippen LogP contribution in [0.2, 0.25) is 0 Å². The summed E-state index contributed by atoms with van der Waals surface area (Å²) >= 11 is 0. The summed E-state index contributed by atoms with van der Waals surface area (Å²) in [6.07, 6.45) is 0.901. The van der Waals surface area contributed by atoms with E-state index in [-0.39, 0.29) is 17.7 Å². The molecule has 0 aromatic heterocycles. The number of nitrogens with one attached hydrogen (secondary N) is 2. The monoisotopic (exact) mass is 355 g/mol. The van der Waals surface area contributed by atoms with Crippen LogP contribution in [0.4, 0.5) is 11.4 Å². The fourth-order valence-electron chi connectivity index (χ4n) is 2.87. The summed E-state index contributed by atoms with van der Waals surface area (Å²) in [5.74, 6) is -0.296. The predicted octanol–water partition coefficient (Wildman–Crippen LogP) is 2.69. The second-order valence-electron chi connectivity index (χ2n) is 6.31. The van der Waals surface area contributed by atoms with Gasteiger partial charge < -0.3 is 15.4 Å². The number of nitro benzene ring substituents is 1. The van der Waals surface area contributed by atoms with Gasteiger partial charge in [0.1, 0.15) is 0 Å². The number of carbonyl (C=O) groups is 1. The predicted molar refractivity (Wildman–Crippen MR) is 98.5 cm³/mol. The molecule has 2 aromatic carbocycles. The Morgan fingerprint density at radius 3 is 2.73 bits per heavy atom. The van der Waals surface area contributed by atoms with Crippen molar-refractivity contribution in [1.29, 1.82) is 0 Å². The molecule has 1 fully saturated rings. The number of aryl methyl sites for hydroxylation is 1. The summed E-state index contributed by atoms with van der Waals surface area (Å²) in [6, 6.07) is 11.5. The molecule has 1 aliphatic rings. The highest BCUT2D eigenvalue weighted by Crippen LogP contribution is 2.20. The van der Waals surface area contributed by atoms with E-state index in [4.69, 9.17) is 4.74 Å². The fraction of sp³-hybridized carbons (Fsp3) is 0.316. The van der Waals surface area contributed by atoms with Crippen molar-refractivity contribution in [3.8, 4) is 0 Å². The minimum absolute atomic E-state index is 0.0409. The van der Waals surface area contributed by atoms with Crippen LogP contribution < -0.4 is 10.6 Å². The Bertz CT molecular complexity index is 799. The van der Waals surface area contributed by atoms with Crippen LogP contribution in [0.15, 0.2) is 42.5 Å². The lowest BCUT2D eigenvalue weighted by Crippen LogP contribution is -2.39. The van der Waals surface area contributed by atoms with Crippen molar-refractivity contribution in [2.24, 2.45) is 0 Å². The standard InChI is InChI=1S/C19H21N3O4/c1-13-2-3-14(10-17-12-20-8-9-26-17)11-18(13)21-19(23)15-4-6-16(7-5-15)22(24)25/h2-7,11,17,20H,8-10,12H2,1H3,(H,21,23). The van der Waals surface area contributed by atoms with Crippen LogP contribution >= 0.6 is 0 Å². The molecule has 7 heteroatoms. The van der Waals surface area contributed by atoms with Crippen molar-refractivity contribution in [2.45, 2.75) is 19.4 Å². The van der Waals surface area contributed by atoms with Crippen LogP contribution in [-0.4, -0.2) is 36.6 Å². The first-order valence-electron chi connectivity index (χ1n) is 8.50. The molecular formula is C19H21N3O4. The number of amides is 1. The number of nitro groups is 1. The van der Waals surface area contributed by atoms with E-state index in [0.717, 1.165) is 36.3 Å². The Labute approximate surface area is 151 Å². The zero-order valence-corrected chi connectivity index (χ0v) is 14.5. The summed E-state index contributed by atoms with van der Waals surface area (Å²) in [5.41, 5.74) is 3.10. The zero-order valence-electron chi connectivity index (χ0n) is 14.5. The Morgan fingerprint density at radius 2 is 2.08 bits per heavy atom. The molecule has 1 heterocycles. The number of benzene rings is 2. The number of anilines is 1. The van der Waals surface area contributed by atoms with Crippen LogP contribution in [0.3, 0.4) is 0 Å². The van der Waals surface area contributed by atoms with Crippen molar-refractivity contribution >= 4 is 17.3 Å². The molecule has 0 spiro atoms. The maximum absolute atomic E-state index is 12.4. The van der Waals surface area contributed by atoms with Gasteiger partial charge in [0.15, 0.2) is 0 Å². The minimum Gasteiger partial charge on any atom is -0.375 e. The maximum atomic E-state index is 12.4. The van der Waals surface area contributed by atoms with Gasteiger partial charge in [-0.05, 0) is 42.7 Å². The van der Waals surface area contributed by atoms with Gasteiger partial charge in [0, 0.05) is 36.5 Å². The highest BCUT2D eigenvalue weighted by Gasteiger charge is 2.15. The van der Waals surface area contributed by atoms with E-state index in [9.17, 15) is 14.9 Å². The van der Waals surface area contributed by atoms with E-state index in [1.165, 1.54) is 24.3 Å². The maximum Gasteiger partial charge on any atom is 0.269 e. The highest BCUT2D eigenvalue weighted by molar-refractivity contribution is 6.04. The SMILES string of the molecule is Cc1ccc(CC2CNCCO2)cc1NC(=O)c1ccc([N+](=O)[O-])cc1. The second kappa shape index (κ2) is 8.07. The number of carbonyl (C=O) groups excluding carboxylic acids is 1. The minimum atomic E-state index is -0.489. The third-order valence-electron chi connectivity index (χ3n) is 4.36.